The zero-order chi connectivity index (χ0) is 22.3. The van der Waals surface area contributed by atoms with Crippen molar-refractivity contribution in [3.8, 4) is 5.88 Å². The third-order valence-corrected chi connectivity index (χ3v) is 4.58. The van der Waals surface area contributed by atoms with Crippen molar-refractivity contribution < 1.29 is 18.3 Å². The van der Waals surface area contributed by atoms with E-state index in [1.54, 1.807) is 0 Å². The first-order valence-electron chi connectivity index (χ1n) is 9.75. The van der Waals surface area contributed by atoms with Crippen molar-refractivity contribution in [3.05, 3.63) is 35.5 Å². The molecule has 30 heavy (non-hydrogen) atoms. The normalized spacial score (nSPS) is 12.9. The maximum Gasteiger partial charge on any atom is 0.252 e. The Morgan fingerprint density at radius 1 is 1.23 bits per heavy atom. The summed E-state index contributed by atoms with van der Waals surface area (Å²) >= 11 is 0. The van der Waals surface area contributed by atoms with Crippen LogP contribution in [0.2, 0.25) is 0 Å². The van der Waals surface area contributed by atoms with Gasteiger partial charge in [-0.1, -0.05) is 26.2 Å². The molecule has 0 fully saturated rings. The number of nitrogens with two attached hydrogens (primary N) is 2. The second-order valence-electron chi connectivity index (χ2n) is 7.03. The molecule has 0 bridgehead atoms. The summed E-state index contributed by atoms with van der Waals surface area (Å²) < 4.78 is 33.3. The van der Waals surface area contributed by atoms with Crippen LogP contribution in [0.15, 0.2) is 18.3 Å². The molecule has 10 heteroatoms. The summed E-state index contributed by atoms with van der Waals surface area (Å²) in [6.07, 6.45) is 5.04. The van der Waals surface area contributed by atoms with Crippen molar-refractivity contribution in [3.63, 3.8) is 0 Å². The van der Waals surface area contributed by atoms with Crippen LogP contribution in [0.3, 0.4) is 0 Å². The van der Waals surface area contributed by atoms with E-state index in [4.69, 9.17) is 16.2 Å². The predicted octanol–water partition coefficient (Wildman–Crippen LogP) is 3.31. The minimum absolute atomic E-state index is 0.0326. The maximum absolute atomic E-state index is 14.6. The van der Waals surface area contributed by atoms with Crippen molar-refractivity contribution in [2.24, 2.45) is 11.5 Å². The Morgan fingerprint density at radius 2 is 1.97 bits per heavy atom. The standard InChI is InChI=1S/C20H28F2N6O2/c1-4-5-6-7-16(11(2)23)27-19-14(21)9-13(17(24)29)18(28-19)26-12-8-15(22)20(30-3)25-10-12/h8-11,16H,4-7,23H2,1-3H3,(H2,24,29)(H2,26,27,28)/t11-,16+/m0/s1. The summed E-state index contributed by atoms with van der Waals surface area (Å²) in [4.78, 5) is 19.8. The van der Waals surface area contributed by atoms with Gasteiger partial charge in [0, 0.05) is 18.2 Å². The minimum Gasteiger partial charge on any atom is -0.479 e. The van der Waals surface area contributed by atoms with Gasteiger partial charge in [-0.25, -0.2) is 18.7 Å². The molecule has 0 saturated carbocycles. The number of hydrogen-bond acceptors (Lipinski definition) is 7. The molecule has 0 aliphatic carbocycles. The van der Waals surface area contributed by atoms with E-state index < -0.39 is 17.5 Å². The summed E-state index contributed by atoms with van der Waals surface area (Å²) in [7, 11) is 1.29. The van der Waals surface area contributed by atoms with Gasteiger partial charge in [-0.15, -0.1) is 0 Å². The number of rotatable bonds is 11. The first-order chi connectivity index (χ1) is 14.3. The van der Waals surface area contributed by atoms with Gasteiger partial charge in [-0.3, -0.25) is 4.79 Å². The number of anilines is 3. The van der Waals surface area contributed by atoms with E-state index in [1.165, 1.54) is 13.3 Å². The second-order valence-corrected chi connectivity index (χ2v) is 7.03. The quantitative estimate of drug-likeness (QED) is 0.409. The molecule has 0 aliphatic rings. The highest BCUT2D eigenvalue weighted by Gasteiger charge is 2.20. The number of unbranched alkanes of at least 4 members (excludes halogenated alkanes) is 2. The average Bonchev–Trinajstić information content (AvgIpc) is 2.69. The molecule has 8 nitrogen and oxygen atoms in total. The Morgan fingerprint density at radius 3 is 2.53 bits per heavy atom. The molecule has 1 amide bonds. The maximum atomic E-state index is 14.6. The molecule has 0 radical (unpaired) electrons. The lowest BCUT2D eigenvalue weighted by molar-refractivity contribution is 0.100. The van der Waals surface area contributed by atoms with Crippen LogP contribution in [0.25, 0.3) is 0 Å². The molecule has 0 spiro atoms. The number of hydrogen-bond donors (Lipinski definition) is 4. The third kappa shape index (κ3) is 5.99. The molecule has 0 unspecified atom stereocenters. The largest absolute Gasteiger partial charge is 0.479 e. The Bertz CT molecular complexity index is 879. The molecular weight excluding hydrogens is 394 g/mol. The first kappa shape index (κ1) is 23.3. The van der Waals surface area contributed by atoms with Crippen LogP contribution in [0, 0.1) is 11.6 Å². The number of amides is 1. The number of nitrogens with zero attached hydrogens (tertiary/aromatic N) is 2. The Labute approximate surface area is 174 Å². The molecular formula is C20H28F2N6O2. The third-order valence-electron chi connectivity index (χ3n) is 4.58. The average molecular weight is 422 g/mol. The van der Waals surface area contributed by atoms with Crippen LogP contribution >= 0.6 is 0 Å². The van der Waals surface area contributed by atoms with Gasteiger partial charge in [-0.2, -0.15) is 0 Å². The van der Waals surface area contributed by atoms with E-state index in [9.17, 15) is 13.6 Å². The lowest BCUT2D eigenvalue weighted by Crippen LogP contribution is -2.38. The fourth-order valence-corrected chi connectivity index (χ4v) is 2.91. The summed E-state index contributed by atoms with van der Waals surface area (Å²) in [6.45, 7) is 3.91. The van der Waals surface area contributed by atoms with Gasteiger partial charge in [0.1, 0.15) is 5.82 Å². The smallest absolute Gasteiger partial charge is 0.252 e. The van der Waals surface area contributed by atoms with Gasteiger partial charge >= 0.3 is 0 Å². The minimum atomic E-state index is -0.885. The number of aromatic nitrogens is 2. The molecule has 164 valence electrons. The van der Waals surface area contributed by atoms with Crippen molar-refractivity contribution >= 4 is 23.2 Å². The molecule has 2 heterocycles. The molecule has 0 aromatic carbocycles. The van der Waals surface area contributed by atoms with E-state index in [0.717, 1.165) is 37.8 Å². The number of nitrogens with one attached hydrogen (secondary N) is 2. The number of primary amides is 1. The lowest BCUT2D eigenvalue weighted by Gasteiger charge is -2.24. The number of carbonyl (C=O) groups excluding carboxylic acids is 1. The summed E-state index contributed by atoms with van der Waals surface area (Å²) in [5, 5.41) is 5.78. The monoisotopic (exact) mass is 422 g/mol. The van der Waals surface area contributed by atoms with Crippen LogP contribution in [0.4, 0.5) is 26.1 Å². The van der Waals surface area contributed by atoms with Crippen molar-refractivity contribution in [2.75, 3.05) is 17.7 Å². The zero-order valence-electron chi connectivity index (χ0n) is 17.3. The highest BCUT2D eigenvalue weighted by atomic mass is 19.1. The number of methoxy groups -OCH3 is 1. The van der Waals surface area contributed by atoms with Gasteiger partial charge < -0.3 is 26.8 Å². The van der Waals surface area contributed by atoms with Crippen LogP contribution in [-0.4, -0.2) is 35.1 Å². The highest BCUT2D eigenvalue weighted by Crippen LogP contribution is 2.26. The highest BCUT2D eigenvalue weighted by molar-refractivity contribution is 5.98. The van der Waals surface area contributed by atoms with Crippen molar-refractivity contribution in [1.82, 2.24) is 9.97 Å². The Balaban J connectivity index is 2.34. The topological polar surface area (TPSA) is 128 Å². The van der Waals surface area contributed by atoms with E-state index in [-0.39, 0.29) is 40.9 Å². The fourth-order valence-electron chi connectivity index (χ4n) is 2.91. The van der Waals surface area contributed by atoms with E-state index in [0.29, 0.717) is 0 Å². The SMILES string of the molecule is CCCCC[C@@H](Nc1nc(Nc2cnc(OC)c(F)c2)c(C(N)=O)cc1F)[C@H](C)N. The van der Waals surface area contributed by atoms with Crippen LogP contribution < -0.4 is 26.8 Å². The van der Waals surface area contributed by atoms with Gasteiger partial charge in [0.25, 0.3) is 5.91 Å². The Hall–Kier alpha value is -3.01. The molecule has 2 rings (SSSR count). The van der Waals surface area contributed by atoms with Crippen molar-refractivity contribution in [2.45, 2.75) is 51.6 Å². The molecule has 6 N–H and O–H groups in total. The van der Waals surface area contributed by atoms with Crippen LogP contribution in [0.1, 0.15) is 49.9 Å². The number of pyridine rings is 2. The molecule has 0 saturated heterocycles. The van der Waals surface area contributed by atoms with Gasteiger partial charge in [-0.05, 0) is 19.4 Å². The van der Waals surface area contributed by atoms with Gasteiger partial charge in [0.2, 0.25) is 5.88 Å². The van der Waals surface area contributed by atoms with Crippen molar-refractivity contribution in [1.29, 1.82) is 0 Å². The number of ether oxygens (including phenoxy) is 1. The molecule has 0 aliphatic heterocycles. The molecule has 2 aromatic rings. The molecule has 2 aromatic heterocycles. The summed E-state index contributed by atoms with van der Waals surface area (Å²) in [6, 6.07) is 1.63. The van der Waals surface area contributed by atoms with Crippen LogP contribution in [0.5, 0.6) is 5.88 Å². The van der Waals surface area contributed by atoms with Crippen LogP contribution in [-0.2, 0) is 0 Å². The Kier molecular flexibility index (Phi) is 8.28. The van der Waals surface area contributed by atoms with E-state index in [2.05, 4.69) is 27.5 Å². The summed E-state index contributed by atoms with van der Waals surface area (Å²) in [5.74, 6) is -2.63. The number of carbonyl (C=O) groups is 1. The zero-order valence-corrected chi connectivity index (χ0v) is 17.3. The predicted molar refractivity (Wildman–Crippen MR) is 112 cm³/mol. The molecule has 2 atom stereocenters. The summed E-state index contributed by atoms with van der Waals surface area (Å²) in [5.41, 5.74) is 11.4. The van der Waals surface area contributed by atoms with Gasteiger partial charge in [0.05, 0.1) is 24.6 Å². The first-order valence-corrected chi connectivity index (χ1v) is 9.75. The second kappa shape index (κ2) is 10.7. The fraction of sp³-hybridized carbons (Fsp3) is 0.450. The van der Waals surface area contributed by atoms with E-state index in [1.807, 2.05) is 6.92 Å². The van der Waals surface area contributed by atoms with E-state index >= 15 is 0 Å². The lowest BCUT2D eigenvalue weighted by atomic mass is 10.0. The van der Waals surface area contributed by atoms with Gasteiger partial charge in [0.15, 0.2) is 17.5 Å². The number of halogens is 2.